The first-order valence-corrected chi connectivity index (χ1v) is 5.73. The quantitative estimate of drug-likeness (QED) is 0.629. The van der Waals surface area contributed by atoms with Crippen molar-refractivity contribution in [1.29, 1.82) is 0 Å². The van der Waals surface area contributed by atoms with Crippen LogP contribution in [0, 0.1) is 0 Å². The Morgan fingerprint density at radius 1 is 1.40 bits per heavy atom. The van der Waals surface area contributed by atoms with Crippen molar-refractivity contribution in [3.8, 4) is 0 Å². The Kier molecular flexibility index (Phi) is 4.11. The Labute approximate surface area is 92.2 Å². The first-order chi connectivity index (χ1) is 6.94. The van der Waals surface area contributed by atoms with E-state index >= 15 is 0 Å². The van der Waals surface area contributed by atoms with Gasteiger partial charge < -0.3 is 16.0 Å². The summed E-state index contributed by atoms with van der Waals surface area (Å²) in [7, 11) is 0. The molecule has 1 aliphatic rings. The molecule has 1 aliphatic heterocycles. The van der Waals surface area contributed by atoms with Crippen LogP contribution in [0.5, 0.6) is 0 Å². The van der Waals surface area contributed by atoms with Crippen LogP contribution in [-0.2, 0) is 4.79 Å². The van der Waals surface area contributed by atoms with Gasteiger partial charge in [0, 0.05) is 24.7 Å². The van der Waals surface area contributed by atoms with E-state index in [1.165, 1.54) is 0 Å². The molecule has 3 N–H and O–H groups in total. The normalized spacial score (nSPS) is 27.5. The summed E-state index contributed by atoms with van der Waals surface area (Å²) in [5.74, 6) is 0.0984. The summed E-state index contributed by atoms with van der Waals surface area (Å²) in [6.07, 6.45) is 0.940. The number of hydrogen-bond donors (Lipinski definition) is 3. The minimum Gasteiger partial charge on any atom is -0.350 e. The molecule has 15 heavy (non-hydrogen) atoms. The zero-order chi connectivity index (χ0) is 11.5. The lowest BCUT2D eigenvalue weighted by atomic mass is 10.0. The van der Waals surface area contributed by atoms with Gasteiger partial charge in [0.1, 0.15) is 0 Å². The second-order valence-electron chi connectivity index (χ2n) is 5.00. The molecule has 0 bridgehead atoms. The number of piperazine rings is 1. The summed E-state index contributed by atoms with van der Waals surface area (Å²) in [5, 5.41) is 9.58. The summed E-state index contributed by atoms with van der Waals surface area (Å²) in [4.78, 5) is 11.9. The molecule has 1 heterocycles. The molecule has 1 rings (SSSR count). The van der Waals surface area contributed by atoms with Gasteiger partial charge in [-0.3, -0.25) is 4.79 Å². The molecule has 88 valence electrons. The lowest BCUT2D eigenvalue weighted by Crippen LogP contribution is -2.61. The van der Waals surface area contributed by atoms with E-state index in [9.17, 15) is 4.79 Å². The highest BCUT2D eigenvalue weighted by atomic mass is 16.2. The fourth-order valence-electron chi connectivity index (χ4n) is 1.48. The van der Waals surface area contributed by atoms with Crippen LogP contribution in [0.2, 0.25) is 0 Å². The Bertz CT molecular complexity index is 220. The van der Waals surface area contributed by atoms with Crippen molar-refractivity contribution in [2.75, 3.05) is 13.1 Å². The molecule has 0 aliphatic carbocycles. The van der Waals surface area contributed by atoms with Crippen LogP contribution in [-0.4, -0.2) is 36.6 Å². The SMILES string of the molecule is CCC(C)(C)NC(=O)C1CNC(C)CN1. The summed E-state index contributed by atoms with van der Waals surface area (Å²) in [6, 6.07) is 0.361. The third kappa shape index (κ3) is 3.80. The Balaban J connectivity index is 2.41. The maximum absolute atomic E-state index is 11.9. The maximum Gasteiger partial charge on any atom is 0.238 e. The molecule has 0 spiro atoms. The molecule has 1 fully saturated rings. The summed E-state index contributed by atoms with van der Waals surface area (Å²) in [5.41, 5.74) is -0.109. The van der Waals surface area contributed by atoms with Gasteiger partial charge in [0.2, 0.25) is 5.91 Å². The molecular formula is C11H23N3O. The van der Waals surface area contributed by atoms with Crippen molar-refractivity contribution in [2.45, 2.75) is 51.7 Å². The zero-order valence-electron chi connectivity index (χ0n) is 10.2. The van der Waals surface area contributed by atoms with Gasteiger partial charge in [-0.15, -0.1) is 0 Å². The van der Waals surface area contributed by atoms with Gasteiger partial charge in [-0.2, -0.15) is 0 Å². The van der Waals surface area contributed by atoms with E-state index in [1.807, 2.05) is 13.8 Å². The van der Waals surface area contributed by atoms with E-state index < -0.39 is 0 Å². The Hall–Kier alpha value is -0.610. The predicted molar refractivity (Wildman–Crippen MR) is 61.8 cm³/mol. The van der Waals surface area contributed by atoms with E-state index in [4.69, 9.17) is 0 Å². The van der Waals surface area contributed by atoms with Crippen LogP contribution in [0.4, 0.5) is 0 Å². The van der Waals surface area contributed by atoms with Crippen molar-refractivity contribution in [2.24, 2.45) is 0 Å². The maximum atomic E-state index is 11.9. The van der Waals surface area contributed by atoms with Crippen molar-refractivity contribution < 1.29 is 4.79 Å². The number of rotatable bonds is 3. The van der Waals surface area contributed by atoms with E-state index in [2.05, 4.69) is 29.8 Å². The highest BCUT2D eigenvalue weighted by Crippen LogP contribution is 2.07. The van der Waals surface area contributed by atoms with E-state index in [0.717, 1.165) is 13.0 Å². The van der Waals surface area contributed by atoms with Crippen LogP contribution < -0.4 is 16.0 Å². The first-order valence-electron chi connectivity index (χ1n) is 5.73. The molecule has 0 saturated carbocycles. The van der Waals surface area contributed by atoms with Crippen LogP contribution in [0.3, 0.4) is 0 Å². The molecule has 2 unspecified atom stereocenters. The summed E-state index contributed by atoms with van der Waals surface area (Å²) in [6.45, 7) is 9.84. The minimum atomic E-state index is -0.109. The molecule has 0 aromatic heterocycles. The second kappa shape index (κ2) is 4.94. The number of hydrogen-bond acceptors (Lipinski definition) is 3. The Morgan fingerprint density at radius 2 is 2.07 bits per heavy atom. The highest BCUT2D eigenvalue weighted by Gasteiger charge is 2.26. The Morgan fingerprint density at radius 3 is 2.53 bits per heavy atom. The third-order valence-electron chi connectivity index (χ3n) is 3.00. The highest BCUT2D eigenvalue weighted by molar-refractivity contribution is 5.82. The van der Waals surface area contributed by atoms with Gasteiger partial charge in [-0.1, -0.05) is 6.92 Å². The fraction of sp³-hybridized carbons (Fsp3) is 0.909. The van der Waals surface area contributed by atoms with Gasteiger partial charge in [-0.25, -0.2) is 0 Å². The topological polar surface area (TPSA) is 53.2 Å². The number of carbonyl (C=O) groups excluding carboxylic acids is 1. The smallest absolute Gasteiger partial charge is 0.238 e. The summed E-state index contributed by atoms with van der Waals surface area (Å²) < 4.78 is 0. The van der Waals surface area contributed by atoms with Crippen molar-refractivity contribution in [1.82, 2.24) is 16.0 Å². The van der Waals surface area contributed by atoms with Gasteiger partial charge in [0.05, 0.1) is 6.04 Å². The molecule has 1 saturated heterocycles. The van der Waals surface area contributed by atoms with Crippen LogP contribution in [0.25, 0.3) is 0 Å². The molecule has 4 heteroatoms. The monoisotopic (exact) mass is 213 g/mol. The number of carbonyl (C=O) groups is 1. The molecule has 1 amide bonds. The lowest BCUT2D eigenvalue weighted by Gasteiger charge is -2.32. The molecular weight excluding hydrogens is 190 g/mol. The molecule has 0 aromatic rings. The standard InChI is InChI=1S/C11H23N3O/c1-5-11(3,4)14-10(15)9-7-12-8(2)6-13-9/h8-9,12-13H,5-7H2,1-4H3,(H,14,15). The van der Waals surface area contributed by atoms with E-state index in [-0.39, 0.29) is 17.5 Å². The van der Waals surface area contributed by atoms with E-state index in [0.29, 0.717) is 12.6 Å². The minimum absolute atomic E-state index is 0.0907. The zero-order valence-corrected chi connectivity index (χ0v) is 10.2. The largest absolute Gasteiger partial charge is 0.350 e. The van der Waals surface area contributed by atoms with Gasteiger partial charge in [-0.05, 0) is 27.2 Å². The van der Waals surface area contributed by atoms with Crippen LogP contribution >= 0.6 is 0 Å². The number of nitrogens with one attached hydrogen (secondary N) is 3. The lowest BCUT2D eigenvalue weighted by molar-refractivity contribution is -0.125. The third-order valence-corrected chi connectivity index (χ3v) is 3.00. The van der Waals surface area contributed by atoms with Gasteiger partial charge >= 0.3 is 0 Å². The molecule has 0 radical (unpaired) electrons. The molecule has 4 nitrogen and oxygen atoms in total. The second-order valence-corrected chi connectivity index (χ2v) is 5.00. The summed E-state index contributed by atoms with van der Waals surface area (Å²) >= 11 is 0. The van der Waals surface area contributed by atoms with Gasteiger partial charge in [0.15, 0.2) is 0 Å². The van der Waals surface area contributed by atoms with Gasteiger partial charge in [0.25, 0.3) is 0 Å². The first kappa shape index (κ1) is 12.5. The average molecular weight is 213 g/mol. The van der Waals surface area contributed by atoms with Crippen molar-refractivity contribution >= 4 is 5.91 Å². The molecule has 0 aromatic carbocycles. The fourth-order valence-corrected chi connectivity index (χ4v) is 1.48. The van der Waals surface area contributed by atoms with Crippen molar-refractivity contribution in [3.05, 3.63) is 0 Å². The average Bonchev–Trinajstić information content (AvgIpc) is 2.18. The van der Waals surface area contributed by atoms with Crippen LogP contribution in [0.15, 0.2) is 0 Å². The predicted octanol–water partition coefficient (Wildman–Crippen LogP) is 0.241. The molecule has 2 atom stereocenters. The van der Waals surface area contributed by atoms with Crippen molar-refractivity contribution in [3.63, 3.8) is 0 Å². The van der Waals surface area contributed by atoms with E-state index in [1.54, 1.807) is 0 Å². The van der Waals surface area contributed by atoms with Crippen LogP contribution in [0.1, 0.15) is 34.1 Å². The number of amides is 1.